The first-order chi connectivity index (χ1) is 10.2. The number of carbonyl (C=O) groups excluding carboxylic acids is 1. The molecule has 1 fully saturated rings. The number of piperidine rings is 1. The minimum Gasteiger partial charge on any atom is -0.465 e. The summed E-state index contributed by atoms with van der Waals surface area (Å²) in [6.45, 7) is 6.02. The maximum Gasteiger partial charge on any atom is 0.337 e. The zero-order valence-electron chi connectivity index (χ0n) is 13.0. The fraction of sp³-hybridized carbons (Fsp3) is 0.588. The quantitative estimate of drug-likeness (QED) is 0.756. The zero-order valence-corrected chi connectivity index (χ0v) is 13.0. The molecule has 1 heterocycles. The van der Waals surface area contributed by atoms with Crippen molar-refractivity contribution in [1.82, 2.24) is 4.90 Å². The van der Waals surface area contributed by atoms with Crippen molar-refractivity contribution in [2.75, 3.05) is 26.8 Å². The van der Waals surface area contributed by atoms with Crippen LogP contribution in [0.2, 0.25) is 0 Å². The maximum absolute atomic E-state index is 11.4. The lowest BCUT2D eigenvalue weighted by molar-refractivity contribution is -0.00222. The zero-order chi connectivity index (χ0) is 15.1. The second-order valence-corrected chi connectivity index (χ2v) is 5.56. The number of benzene rings is 1. The van der Waals surface area contributed by atoms with Crippen molar-refractivity contribution in [3.8, 4) is 0 Å². The molecule has 1 aromatic carbocycles. The van der Waals surface area contributed by atoms with Crippen LogP contribution < -0.4 is 0 Å². The first-order valence-corrected chi connectivity index (χ1v) is 7.74. The Balaban J connectivity index is 1.87. The lowest BCUT2D eigenvalue weighted by atomic mass is 10.1. The monoisotopic (exact) mass is 291 g/mol. The Morgan fingerprint density at radius 2 is 2.10 bits per heavy atom. The molecule has 1 saturated heterocycles. The molecular formula is C17H25NO3. The smallest absolute Gasteiger partial charge is 0.337 e. The molecule has 4 heteroatoms. The minimum absolute atomic E-state index is 0.285. The van der Waals surface area contributed by atoms with Crippen molar-refractivity contribution in [3.05, 3.63) is 35.4 Å². The number of hydrogen-bond acceptors (Lipinski definition) is 4. The highest BCUT2D eigenvalue weighted by Gasteiger charge is 2.20. The summed E-state index contributed by atoms with van der Waals surface area (Å²) in [7, 11) is 1.40. The van der Waals surface area contributed by atoms with E-state index in [0.717, 1.165) is 39.1 Å². The van der Waals surface area contributed by atoms with Gasteiger partial charge in [-0.3, -0.25) is 4.90 Å². The van der Waals surface area contributed by atoms with Gasteiger partial charge in [0.15, 0.2) is 0 Å². The average molecular weight is 291 g/mol. The number of rotatable bonds is 6. The van der Waals surface area contributed by atoms with Gasteiger partial charge in [-0.1, -0.05) is 19.1 Å². The molecule has 116 valence electrons. The van der Waals surface area contributed by atoms with E-state index >= 15 is 0 Å². The number of esters is 1. The Bertz CT molecular complexity index is 444. The Morgan fingerprint density at radius 3 is 2.76 bits per heavy atom. The molecule has 1 aromatic rings. The summed E-state index contributed by atoms with van der Waals surface area (Å²) in [4.78, 5) is 13.8. The molecule has 0 bridgehead atoms. The standard InChI is InChI=1S/C17H25NO3/c1-3-11-21-16-5-4-10-18(13-16)12-14-6-8-15(9-7-14)17(19)20-2/h6-9,16H,3-5,10-13H2,1-2H3. The van der Waals surface area contributed by atoms with Crippen molar-refractivity contribution < 1.29 is 14.3 Å². The Morgan fingerprint density at radius 1 is 1.33 bits per heavy atom. The fourth-order valence-corrected chi connectivity index (χ4v) is 2.70. The third kappa shape index (κ3) is 4.83. The largest absolute Gasteiger partial charge is 0.465 e. The molecule has 0 aromatic heterocycles. The predicted molar refractivity (Wildman–Crippen MR) is 82.3 cm³/mol. The van der Waals surface area contributed by atoms with E-state index < -0.39 is 0 Å². The van der Waals surface area contributed by atoms with Crippen molar-refractivity contribution in [2.45, 2.75) is 38.8 Å². The summed E-state index contributed by atoms with van der Waals surface area (Å²) in [6.07, 6.45) is 3.80. The molecule has 21 heavy (non-hydrogen) atoms. The second kappa shape index (κ2) is 8.15. The minimum atomic E-state index is -0.285. The van der Waals surface area contributed by atoms with Gasteiger partial charge >= 0.3 is 5.97 Å². The van der Waals surface area contributed by atoms with Crippen LogP contribution in [0.15, 0.2) is 24.3 Å². The first kappa shape index (κ1) is 16.0. The first-order valence-electron chi connectivity index (χ1n) is 7.74. The third-order valence-electron chi connectivity index (χ3n) is 3.80. The van der Waals surface area contributed by atoms with Crippen molar-refractivity contribution >= 4 is 5.97 Å². The van der Waals surface area contributed by atoms with Gasteiger partial charge in [-0.15, -0.1) is 0 Å². The van der Waals surface area contributed by atoms with Crippen LogP contribution in [0.5, 0.6) is 0 Å². The van der Waals surface area contributed by atoms with Crippen LogP contribution in [0, 0.1) is 0 Å². The third-order valence-corrected chi connectivity index (χ3v) is 3.80. The Hall–Kier alpha value is -1.39. The van der Waals surface area contributed by atoms with Gasteiger partial charge < -0.3 is 9.47 Å². The highest BCUT2D eigenvalue weighted by Crippen LogP contribution is 2.16. The van der Waals surface area contributed by atoms with Crippen LogP contribution in [0.25, 0.3) is 0 Å². The van der Waals surface area contributed by atoms with Crippen molar-refractivity contribution in [2.24, 2.45) is 0 Å². The number of hydrogen-bond donors (Lipinski definition) is 0. The molecule has 1 aliphatic heterocycles. The number of nitrogens with zero attached hydrogens (tertiary/aromatic N) is 1. The lowest BCUT2D eigenvalue weighted by Gasteiger charge is -2.32. The van der Waals surface area contributed by atoms with Crippen LogP contribution in [-0.4, -0.2) is 43.8 Å². The molecule has 0 radical (unpaired) electrons. The summed E-state index contributed by atoms with van der Waals surface area (Å²) >= 11 is 0. The topological polar surface area (TPSA) is 38.8 Å². The molecule has 0 N–H and O–H groups in total. The van der Waals surface area contributed by atoms with E-state index in [1.54, 1.807) is 0 Å². The van der Waals surface area contributed by atoms with Crippen molar-refractivity contribution in [1.29, 1.82) is 0 Å². The van der Waals surface area contributed by atoms with Crippen LogP contribution in [-0.2, 0) is 16.0 Å². The average Bonchev–Trinajstić information content (AvgIpc) is 2.53. The molecule has 0 saturated carbocycles. The molecule has 1 unspecified atom stereocenters. The van der Waals surface area contributed by atoms with E-state index in [-0.39, 0.29) is 5.97 Å². The van der Waals surface area contributed by atoms with Crippen LogP contribution in [0.4, 0.5) is 0 Å². The molecule has 4 nitrogen and oxygen atoms in total. The number of methoxy groups -OCH3 is 1. The molecule has 2 rings (SSSR count). The van der Waals surface area contributed by atoms with Gasteiger partial charge in [0, 0.05) is 19.7 Å². The second-order valence-electron chi connectivity index (χ2n) is 5.56. The SMILES string of the molecule is CCCOC1CCCN(Cc2ccc(C(=O)OC)cc2)C1. The van der Waals surface area contributed by atoms with Gasteiger partial charge in [0.2, 0.25) is 0 Å². The summed E-state index contributed by atoms with van der Waals surface area (Å²) in [6, 6.07) is 7.66. The molecule has 1 atom stereocenters. The van der Waals surface area contributed by atoms with Gasteiger partial charge in [0.05, 0.1) is 18.8 Å². The van der Waals surface area contributed by atoms with E-state index in [1.807, 2.05) is 24.3 Å². The van der Waals surface area contributed by atoms with E-state index in [4.69, 9.17) is 9.47 Å². The van der Waals surface area contributed by atoms with Gasteiger partial charge in [-0.25, -0.2) is 4.79 Å². The van der Waals surface area contributed by atoms with Crippen molar-refractivity contribution in [3.63, 3.8) is 0 Å². The Labute approximate surface area is 127 Å². The van der Waals surface area contributed by atoms with E-state index in [2.05, 4.69) is 11.8 Å². The molecule has 1 aliphatic rings. The van der Waals surface area contributed by atoms with Crippen LogP contribution in [0.3, 0.4) is 0 Å². The summed E-state index contributed by atoms with van der Waals surface area (Å²) in [5.41, 5.74) is 1.82. The van der Waals surface area contributed by atoms with Gasteiger partial charge in [-0.05, 0) is 43.5 Å². The van der Waals surface area contributed by atoms with Crippen LogP contribution in [0.1, 0.15) is 42.1 Å². The molecular weight excluding hydrogens is 266 g/mol. The van der Waals surface area contributed by atoms with E-state index in [1.165, 1.54) is 19.1 Å². The lowest BCUT2D eigenvalue weighted by Crippen LogP contribution is -2.39. The summed E-state index contributed by atoms with van der Waals surface area (Å²) in [5, 5.41) is 0. The van der Waals surface area contributed by atoms with Crippen LogP contribution >= 0.6 is 0 Å². The van der Waals surface area contributed by atoms with E-state index in [9.17, 15) is 4.79 Å². The number of ether oxygens (including phenoxy) is 2. The normalized spacial score (nSPS) is 19.4. The molecule has 0 aliphatic carbocycles. The maximum atomic E-state index is 11.4. The van der Waals surface area contributed by atoms with Gasteiger partial charge in [0.1, 0.15) is 0 Å². The predicted octanol–water partition coefficient (Wildman–Crippen LogP) is 2.86. The Kier molecular flexibility index (Phi) is 6.21. The van der Waals surface area contributed by atoms with Gasteiger partial charge in [0.25, 0.3) is 0 Å². The number of likely N-dealkylation sites (tertiary alicyclic amines) is 1. The molecule has 0 amide bonds. The molecule has 0 spiro atoms. The highest BCUT2D eigenvalue weighted by molar-refractivity contribution is 5.89. The summed E-state index contributed by atoms with van der Waals surface area (Å²) in [5.74, 6) is -0.285. The summed E-state index contributed by atoms with van der Waals surface area (Å²) < 4.78 is 10.6. The highest BCUT2D eigenvalue weighted by atomic mass is 16.5. The fourth-order valence-electron chi connectivity index (χ4n) is 2.70. The number of carbonyl (C=O) groups is 1. The van der Waals surface area contributed by atoms with Gasteiger partial charge in [-0.2, -0.15) is 0 Å². The van der Waals surface area contributed by atoms with E-state index in [0.29, 0.717) is 11.7 Å².